The number of benzene rings is 1. The summed E-state index contributed by atoms with van der Waals surface area (Å²) >= 11 is 0. The van der Waals surface area contributed by atoms with E-state index in [4.69, 9.17) is 5.73 Å². The van der Waals surface area contributed by atoms with Crippen LogP contribution < -0.4 is 11.1 Å². The molecule has 21 heavy (non-hydrogen) atoms. The van der Waals surface area contributed by atoms with Crippen LogP contribution in [0.1, 0.15) is 32.6 Å². The van der Waals surface area contributed by atoms with E-state index >= 15 is 0 Å². The van der Waals surface area contributed by atoms with E-state index in [-0.39, 0.29) is 18.3 Å². The summed E-state index contributed by atoms with van der Waals surface area (Å²) in [6.07, 6.45) is 0.700. The van der Waals surface area contributed by atoms with E-state index in [1.807, 2.05) is 18.2 Å². The second kappa shape index (κ2) is 7.43. The fraction of sp³-hybridized carbons (Fsp3) is 0.467. The highest BCUT2D eigenvalue weighted by Crippen LogP contribution is 2.20. The molecule has 2 aromatic rings. The van der Waals surface area contributed by atoms with E-state index in [0.717, 1.165) is 16.9 Å². The second-order valence-corrected chi connectivity index (χ2v) is 5.31. The first kappa shape index (κ1) is 17.5. The predicted octanol–water partition coefficient (Wildman–Crippen LogP) is 2.04. The molecule has 1 heterocycles. The maximum absolute atomic E-state index is 11.5. The number of amides is 1. The van der Waals surface area contributed by atoms with Crippen molar-refractivity contribution in [2.24, 2.45) is 5.73 Å². The molecule has 1 unspecified atom stereocenters. The third-order valence-electron chi connectivity index (χ3n) is 3.25. The molecule has 0 fully saturated rings. The Labute approximate surface area is 131 Å². The standard InChI is InChI=1S/C15H22N4O.ClH/c1-10(2)19-13-7-5-4-6-12(13)18-14(19)8-9-17-15(20)11(3)16;/h4-7,10-11H,8-9,16H2,1-3H3,(H,17,20);1H. The van der Waals surface area contributed by atoms with Crippen LogP contribution in [0.25, 0.3) is 11.0 Å². The van der Waals surface area contributed by atoms with E-state index in [9.17, 15) is 4.79 Å². The molecule has 3 N–H and O–H groups in total. The number of carbonyl (C=O) groups excluding carboxylic acids is 1. The summed E-state index contributed by atoms with van der Waals surface area (Å²) in [4.78, 5) is 16.1. The highest BCUT2D eigenvalue weighted by molar-refractivity contribution is 5.85. The van der Waals surface area contributed by atoms with Crippen molar-refractivity contribution in [3.05, 3.63) is 30.1 Å². The maximum atomic E-state index is 11.5. The Kier molecular flexibility index (Phi) is 6.18. The number of nitrogens with zero attached hydrogens (tertiary/aromatic N) is 2. The van der Waals surface area contributed by atoms with Gasteiger partial charge in [0.25, 0.3) is 0 Å². The number of hydrogen-bond acceptors (Lipinski definition) is 3. The summed E-state index contributed by atoms with van der Waals surface area (Å²) < 4.78 is 2.22. The van der Waals surface area contributed by atoms with E-state index in [1.165, 1.54) is 0 Å². The molecule has 5 nitrogen and oxygen atoms in total. The third-order valence-corrected chi connectivity index (χ3v) is 3.25. The monoisotopic (exact) mass is 310 g/mol. The molecule has 0 radical (unpaired) electrons. The van der Waals surface area contributed by atoms with Crippen molar-refractivity contribution in [1.82, 2.24) is 14.9 Å². The Morgan fingerprint density at radius 1 is 1.33 bits per heavy atom. The highest BCUT2D eigenvalue weighted by atomic mass is 35.5. The van der Waals surface area contributed by atoms with Gasteiger partial charge in [-0.1, -0.05) is 12.1 Å². The van der Waals surface area contributed by atoms with Crippen LogP contribution in [-0.2, 0) is 11.2 Å². The van der Waals surface area contributed by atoms with Crippen molar-refractivity contribution in [2.75, 3.05) is 6.54 Å². The zero-order valence-corrected chi connectivity index (χ0v) is 13.5. The van der Waals surface area contributed by atoms with Crippen LogP contribution in [0.5, 0.6) is 0 Å². The van der Waals surface area contributed by atoms with Gasteiger partial charge < -0.3 is 15.6 Å². The van der Waals surface area contributed by atoms with Gasteiger partial charge in [0.2, 0.25) is 5.91 Å². The molecule has 0 spiro atoms. The number of carbonyl (C=O) groups is 1. The zero-order valence-electron chi connectivity index (χ0n) is 12.7. The smallest absolute Gasteiger partial charge is 0.236 e. The Morgan fingerprint density at radius 3 is 2.62 bits per heavy atom. The molecule has 1 amide bonds. The van der Waals surface area contributed by atoms with Gasteiger partial charge in [-0.2, -0.15) is 0 Å². The lowest BCUT2D eigenvalue weighted by Gasteiger charge is -2.13. The molecule has 0 bridgehead atoms. The molecule has 2 rings (SSSR count). The summed E-state index contributed by atoms with van der Waals surface area (Å²) in [5, 5.41) is 2.82. The largest absolute Gasteiger partial charge is 0.354 e. The minimum absolute atomic E-state index is 0. The highest BCUT2D eigenvalue weighted by Gasteiger charge is 2.13. The lowest BCUT2D eigenvalue weighted by molar-refractivity contribution is -0.121. The average molecular weight is 311 g/mol. The van der Waals surface area contributed by atoms with Crippen molar-refractivity contribution in [1.29, 1.82) is 0 Å². The molecule has 0 aliphatic carbocycles. The first-order valence-corrected chi connectivity index (χ1v) is 7.00. The van der Waals surface area contributed by atoms with Crippen molar-refractivity contribution in [3.8, 4) is 0 Å². The number of hydrogen-bond donors (Lipinski definition) is 2. The van der Waals surface area contributed by atoms with Crippen LogP contribution in [0.15, 0.2) is 24.3 Å². The molecule has 6 heteroatoms. The number of rotatable bonds is 5. The summed E-state index contributed by atoms with van der Waals surface area (Å²) in [6.45, 7) is 6.51. The normalized spacial score (nSPS) is 12.2. The van der Waals surface area contributed by atoms with Gasteiger partial charge in [-0.25, -0.2) is 4.98 Å². The van der Waals surface area contributed by atoms with Gasteiger partial charge >= 0.3 is 0 Å². The lowest BCUT2D eigenvalue weighted by atomic mass is 10.3. The van der Waals surface area contributed by atoms with Crippen LogP contribution in [0.4, 0.5) is 0 Å². The Balaban J connectivity index is 0.00000220. The van der Waals surface area contributed by atoms with Crippen LogP contribution in [-0.4, -0.2) is 28.0 Å². The van der Waals surface area contributed by atoms with Gasteiger partial charge in [-0.15, -0.1) is 12.4 Å². The van der Waals surface area contributed by atoms with E-state index in [1.54, 1.807) is 6.92 Å². The zero-order chi connectivity index (χ0) is 14.7. The van der Waals surface area contributed by atoms with Gasteiger partial charge in [-0.05, 0) is 32.9 Å². The first-order chi connectivity index (χ1) is 9.50. The average Bonchev–Trinajstić information content (AvgIpc) is 2.76. The Bertz CT molecular complexity index is 607. The lowest BCUT2D eigenvalue weighted by Crippen LogP contribution is -2.39. The molecular weight excluding hydrogens is 288 g/mol. The van der Waals surface area contributed by atoms with Gasteiger partial charge in [0.15, 0.2) is 0 Å². The molecule has 116 valence electrons. The predicted molar refractivity (Wildman–Crippen MR) is 87.7 cm³/mol. The molecule has 0 aliphatic rings. The summed E-state index contributed by atoms with van der Waals surface area (Å²) in [5.41, 5.74) is 7.65. The number of nitrogens with two attached hydrogens (primary N) is 1. The maximum Gasteiger partial charge on any atom is 0.236 e. The van der Waals surface area contributed by atoms with Crippen LogP contribution >= 0.6 is 12.4 Å². The SMILES string of the molecule is CC(N)C(=O)NCCc1nc2ccccc2n1C(C)C.Cl. The number of nitrogens with one attached hydrogen (secondary N) is 1. The van der Waals surface area contributed by atoms with E-state index in [0.29, 0.717) is 19.0 Å². The fourth-order valence-corrected chi connectivity index (χ4v) is 2.31. The van der Waals surface area contributed by atoms with E-state index in [2.05, 4.69) is 34.8 Å². The van der Waals surface area contributed by atoms with Crippen molar-refractivity contribution in [3.63, 3.8) is 0 Å². The molecular formula is C15H23ClN4O. The summed E-state index contributed by atoms with van der Waals surface area (Å²) in [6, 6.07) is 7.96. The quantitative estimate of drug-likeness (QED) is 0.887. The van der Waals surface area contributed by atoms with Gasteiger partial charge in [0, 0.05) is 19.0 Å². The number of para-hydroxylation sites is 2. The number of imidazole rings is 1. The molecule has 1 aromatic carbocycles. The van der Waals surface area contributed by atoms with E-state index < -0.39 is 6.04 Å². The summed E-state index contributed by atoms with van der Waals surface area (Å²) in [5.74, 6) is 0.864. The Morgan fingerprint density at radius 2 is 2.00 bits per heavy atom. The number of halogens is 1. The van der Waals surface area contributed by atoms with Crippen molar-refractivity contribution >= 4 is 29.3 Å². The molecule has 0 saturated heterocycles. The fourth-order valence-electron chi connectivity index (χ4n) is 2.31. The third kappa shape index (κ3) is 3.95. The van der Waals surface area contributed by atoms with Gasteiger partial charge in [-0.3, -0.25) is 4.79 Å². The minimum atomic E-state index is -0.473. The van der Waals surface area contributed by atoms with Crippen LogP contribution in [0, 0.1) is 0 Å². The number of fused-ring (bicyclic) bond motifs is 1. The molecule has 1 aromatic heterocycles. The summed E-state index contributed by atoms with van der Waals surface area (Å²) in [7, 11) is 0. The molecule has 0 aliphatic heterocycles. The minimum Gasteiger partial charge on any atom is -0.354 e. The molecule has 1 atom stereocenters. The first-order valence-electron chi connectivity index (χ1n) is 7.00. The topological polar surface area (TPSA) is 72.9 Å². The van der Waals surface area contributed by atoms with Crippen LogP contribution in [0.2, 0.25) is 0 Å². The van der Waals surface area contributed by atoms with Crippen molar-refractivity contribution < 1.29 is 4.79 Å². The number of aromatic nitrogens is 2. The second-order valence-electron chi connectivity index (χ2n) is 5.31. The molecule has 0 saturated carbocycles. The van der Waals surface area contributed by atoms with Crippen LogP contribution in [0.3, 0.4) is 0 Å². The van der Waals surface area contributed by atoms with Gasteiger partial charge in [0.05, 0.1) is 17.1 Å². The van der Waals surface area contributed by atoms with Crippen molar-refractivity contribution in [2.45, 2.75) is 39.3 Å². The van der Waals surface area contributed by atoms with Gasteiger partial charge in [0.1, 0.15) is 5.82 Å². The Hall–Kier alpha value is -1.59.